The van der Waals surface area contributed by atoms with Gasteiger partial charge in [-0.3, -0.25) is 0 Å². The lowest BCUT2D eigenvalue weighted by molar-refractivity contribution is -0.945. The number of benzene rings is 3. The fourth-order valence-corrected chi connectivity index (χ4v) is 6.74. The number of hydrogen-bond acceptors (Lipinski definition) is 11. The van der Waals surface area contributed by atoms with Crippen molar-refractivity contribution in [2.45, 2.75) is 62.1 Å². The van der Waals surface area contributed by atoms with Crippen LogP contribution in [0.2, 0.25) is 0 Å². The molecule has 3 aliphatic heterocycles. The largest absolute Gasteiger partial charge is 0.632 e. The first-order chi connectivity index (χ1) is 20.5. The molecule has 0 radical (unpaired) electrons. The molecule has 0 saturated carbocycles. The molecule has 8 atom stereocenters. The van der Waals surface area contributed by atoms with Crippen molar-refractivity contribution in [3.63, 3.8) is 0 Å². The van der Waals surface area contributed by atoms with Gasteiger partial charge in [-0.15, -0.1) is 0 Å². The van der Waals surface area contributed by atoms with Gasteiger partial charge in [0.05, 0.1) is 25.8 Å². The van der Waals surface area contributed by atoms with Crippen molar-refractivity contribution < 1.29 is 54.6 Å². The van der Waals surface area contributed by atoms with Gasteiger partial charge in [0.25, 0.3) is 0 Å². The van der Waals surface area contributed by atoms with Crippen molar-refractivity contribution in [2.24, 2.45) is 0 Å². The average Bonchev–Trinajstić information content (AvgIpc) is 3.00. The van der Waals surface area contributed by atoms with Gasteiger partial charge in [-0.25, -0.2) is 0 Å². The molecule has 0 spiro atoms. The van der Waals surface area contributed by atoms with Crippen LogP contribution in [0.5, 0.6) is 28.7 Å². The molecule has 0 aromatic heterocycles. The summed E-state index contributed by atoms with van der Waals surface area (Å²) in [6.07, 6.45) is -6.78. The Balaban J connectivity index is 1.43. The number of hydrogen-bond donors (Lipinski definition) is 7. The van der Waals surface area contributed by atoms with Crippen molar-refractivity contribution in [1.29, 1.82) is 0 Å². The first-order valence-corrected chi connectivity index (χ1v) is 14.1. The molecule has 0 amide bonds. The second-order valence-electron chi connectivity index (χ2n) is 11.5. The normalized spacial score (nSPS) is 31.4. The molecule has 3 aromatic carbocycles. The van der Waals surface area contributed by atoms with E-state index in [0.717, 1.165) is 11.1 Å². The number of ether oxygens (including phenoxy) is 3. The van der Waals surface area contributed by atoms with E-state index in [2.05, 4.69) is 0 Å². The van der Waals surface area contributed by atoms with E-state index in [4.69, 9.17) is 14.2 Å². The van der Waals surface area contributed by atoms with Gasteiger partial charge in [-0.2, -0.15) is 0 Å². The van der Waals surface area contributed by atoms with E-state index >= 15 is 5.21 Å². The van der Waals surface area contributed by atoms with Crippen LogP contribution in [0.25, 0.3) is 0 Å². The molecule has 0 aliphatic carbocycles. The second kappa shape index (κ2) is 11.1. The number of nitrogens with zero attached hydrogens (tertiary/aromatic N) is 1. The number of quaternary nitrogens is 1. The summed E-state index contributed by atoms with van der Waals surface area (Å²) in [5.41, 5.74) is 3.43. The number of phenolic OH excluding ortho intramolecular Hbond substituents is 3. The van der Waals surface area contributed by atoms with E-state index < -0.39 is 54.0 Å². The fourth-order valence-electron chi connectivity index (χ4n) is 6.74. The van der Waals surface area contributed by atoms with Crippen molar-refractivity contribution in [3.8, 4) is 28.7 Å². The maximum absolute atomic E-state index is 15.0. The zero-order valence-corrected chi connectivity index (χ0v) is 23.4. The van der Waals surface area contributed by atoms with Gasteiger partial charge >= 0.3 is 0 Å². The molecule has 1 fully saturated rings. The minimum Gasteiger partial charge on any atom is -0.632 e. The maximum Gasteiger partial charge on any atom is 0.229 e. The predicted molar refractivity (Wildman–Crippen MR) is 150 cm³/mol. The number of fused-ring (bicyclic) bond motifs is 4. The van der Waals surface area contributed by atoms with Gasteiger partial charge in [0, 0.05) is 24.8 Å². The lowest BCUT2D eigenvalue weighted by Gasteiger charge is -2.59. The van der Waals surface area contributed by atoms with Gasteiger partial charge in [0.1, 0.15) is 42.2 Å². The molecule has 1 unspecified atom stereocenters. The molecular formula is C31H35NO11. The molecule has 3 heterocycles. The smallest absolute Gasteiger partial charge is 0.229 e. The van der Waals surface area contributed by atoms with Crippen LogP contribution in [0.15, 0.2) is 48.5 Å². The molecular weight excluding hydrogens is 562 g/mol. The summed E-state index contributed by atoms with van der Waals surface area (Å²) >= 11 is 0. The molecule has 43 heavy (non-hydrogen) atoms. The lowest BCUT2D eigenvalue weighted by Crippen LogP contribution is -2.60. The quantitative estimate of drug-likeness (QED) is 0.161. The summed E-state index contributed by atoms with van der Waals surface area (Å²) in [5, 5.41) is 87.5. The molecule has 12 nitrogen and oxygen atoms in total. The number of methoxy groups -OCH3 is 1. The van der Waals surface area contributed by atoms with Crippen molar-refractivity contribution in [3.05, 3.63) is 81.6 Å². The molecule has 6 rings (SSSR count). The number of aliphatic hydroxyl groups excluding tert-OH is 4. The average molecular weight is 598 g/mol. The van der Waals surface area contributed by atoms with E-state index in [1.165, 1.54) is 25.3 Å². The third-order valence-corrected chi connectivity index (χ3v) is 9.06. The van der Waals surface area contributed by atoms with Gasteiger partial charge in [0.15, 0.2) is 23.0 Å². The van der Waals surface area contributed by atoms with Crippen LogP contribution in [-0.2, 0) is 24.0 Å². The number of hydroxylamine groups is 3. The third-order valence-electron chi connectivity index (χ3n) is 9.06. The van der Waals surface area contributed by atoms with E-state index in [9.17, 15) is 35.7 Å². The van der Waals surface area contributed by atoms with E-state index in [0.29, 0.717) is 28.9 Å². The summed E-state index contributed by atoms with van der Waals surface area (Å²) in [5.74, 6) is -0.0982. The fraction of sp³-hybridized carbons (Fsp3) is 0.419. The molecule has 7 N–H and O–H groups in total. The van der Waals surface area contributed by atoms with Crippen molar-refractivity contribution >= 4 is 0 Å². The zero-order valence-electron chi connectivity index (χ0n) is 23.4. The first-order valence-electron chi connectivity index (χ1n) is 14.1. The Kier molecular flexibility index (Phi) is 7.63. The zero-order chi connectivity index (χ0) is 30.6. The molecule has 230 valence electrons. The van der Waals surface area contributed by atoms with Crippen molar-refractivity contribution in [1.82, 2.24) is 0 Å². The molecule has 0 bridgehead atoms. The second-order valence-corrected chi connectivity index (χ2v) is 11.5. The SMILES string of the molecule is COc1cc2c(cc1O)[C@H]1Cc3ccc(O[C@@H]4O[C@H](CO)[C@@H](O)[C@H](O)[C@H]4O)c(O)c3[C@H](Cc3ccc(O)cc3)[N+]1([O-])CC2. The highest BCUT2D eigenvalue weighted by Gasteiger charge is 2.49. The highest BCUT2D eigenvalue weighted by Crippen LogP contribution is 2.55. The van der Waals surface area contributed by atoms with E-state index in [1.54, 1.807) is 30.3 Å². The number of phenols is 3. The maximum atomic E-state index is 15.0. The lowest BCUT2D eigenvalue weighted by atomic mass is 9.78. The van der Waals surface area contributed by atoms with E-state index in [-0.39, 0.29) is 42.4 Å². The highest BCUT2D eigenvalue weighted by atomic mass is 16.7. The molecule has 3 aromatic rings. The molecule has 12 heteroatoms. The number of aromatic hydroxyl groups is 3. The minimum atomic E-state index is -1.69. The van der Waals surface area contributed by atoms with E-state index in [1.807, 2.05) is 0 Å². The van der Waals surface area contributed by atoms with Crippen LogP contribution in [-0.4, -0.2) is 91.4 Å². The summed E-state index contributed by atoms with van der Waals surface area (Å²) < 4.78 is 15.9. The first kappa shape index (κ1) is 29.5. The molecule has 3 aliphatic rings. The Morgan fingerprint density at radius 3 is 2.37 bits per heavy atom. The van der Waals surface area contributed by atoms with Crippen LogP contribution >= 0.6 is 0 Å². The summed E-state index contributed by atoms with van der Waals surface area (Å²) in [4.78, 5) is 0. The predicted octanol–water partition coefficient (Wildman–Crippen LogP) is 1.44. The Labute approximate surface area is 247 Å². The number of aliphatic hydroxyl groups is 4. The summed E-state index contributed by atoms with van der Waals surface area (Å²) in [6.45, 7) is -0.457. The van der Waals surface area contributed by atoms with Gasteiger partial charge in [0.2, 0.25) is 6.29 Å². The van der Waals surface area contributed by atoms with Crippen LogP contribution in [0.4, 0.5) is 0 Å². The minimum absolute atomic E-state index is 0.0679. The topological polar surface area (TPSA) is 192 Å². The van der Waals surface area contributed by atoms with Crippen LogP contribution in [0.1, 0.15) is 39.9 Å². The van der Waals surface area contributed by atoms with Crippen LogP contribution in [0.3, 0.4) is 0 Å². The van der Waals surface area contributed by atoms with Gasteiger partial charge in [-0.1, -0.05) is 18.2 Å². The summed E-state index contributed by atoms with van der Waals surface area (Å²) in [6, 6.07) is 11.6. The standard InChI is InChI=1S/C31H35NO11/c1-41-24-12-16-8-9-32(40)20(19(16)13-22(24)35)11-17-4-7-23(42-31-30(39)29(38)28(37)25(14-33)43-31)27(36)26(17)21(32)10-15-2-5-18(34)6-3-15/h2-7,12-13,20-21,25,28-31,33-39H,8-11,14H2,1H3/t20-,21+,25-,28-,29+,30-,31-,32?/m1/s1. The monoisotopic (exact) mass is 597 g/mol. The van der Waals surface area contributed by atoms with Gasteiger partial charge in [-0.05, 0) is 47.0 Å². The third kappa shape index (κ3) is 4.94. The number of rotatable bonds is 6. The van der Waals surface area contributed by atoms with Gasteiger partial charge < -0.3 is 59.8 Å². The van der Waals surface area contributed by atoms with Crippen LogP contribution < -0.4 is 9.47 Å². The Hall–Kier alpha value is -3.62. The molecule has 1 saturated heterocycles. The Morgan fingerprint density at radius 2 is 1.67 bits per heavy atom. The highest BCUT2D eigenvalue weighted by molar-refractivity contribution is 5.54. The van der Waals surface area contributed by atoms with Crippen LogP contribution in [0, 0.1) is 5.21 Å². The Morgan fingerprint density at radius 1 is 0.930 bits per heavy atom. The van der Waals surface area contributed by atoms with Crippen molar-refractivity contribution in [2.75, 3.05) is 20.3 Å². The Bertz CT molecular complexity index is 1500. The summed E-state index contributed by atoms with van der Waals surface area (Å²) in [7, 11) is 1.47.